The molecule has 1 saturated heterocycles. The summed E-state index contributed by atoms with van der Waals surface area (Å²) in [6.45, 7) is 1.32. The molecule has 6 heteroatoms. The van der Waals surface area contributed by atoms with Crippen LogP contribution in [-0.4, -0.2) is 48.9 Å². The number of halogens is 1. The molecule has 1 aliphatic heterocycles. The van der Waals surface area contributed by atoms with Crippen LogP contribution in [0.4, 0.5) is 9.18 Å². The number of nitrogens with zero attached hydrogens (tertiary/aromatic N) is 1. The van der Waals surface area contributed by atoms with Crippen LogP contribution in [0.3, 0.4) is 0 Å². The van der Waals surface area contributed by atoms with Gasteiger partial charge < -0.3 is 20.1 Å². The van der Waals surface area contributed by atoms with Crippen LogP contribution in [0, 0.1) is 5.82 Å². The highest BCUT2D eigenvalue weighted by Gasteiger charge is 2.25. The van der Waals surface area contributed by atoms with E-state index in [9.17, 15) is 9.18 Å². The maximum atomic E-state index is 13.4. The third-order valence-electron chi connectivity index (χ3n) is 4.26. The molecule has 2 rings (SSSR count). The first kappa shape index (κ1) is 17.5. The van der Waals surface area contributed by atoms with Crippen LogP contribution < -0.4 is 10.1 Å². The largest absolute Gasteiger partial charge is 0.494 e. The van der Waals surface area contributed by atoms with Crippen molar-refractivity contribution < 1.29 is 19.0 Å². The van der Waals surface area contributed by atoms with Gasteiger partial charge in [0.15, 0.2) is 11.6 Å². The molecule has 0 saturated carbocycles. The second-order valence-electron chi connectivity index (χ2n) is 5.81. The van der Waals surface area contributed by atoms with Crippen molar-refractivity contribution in [3.8, 4) is 5.75 Å². The van der Waals surface area contributed by atoms with Crippen molar-refractivity contribution in [1.29, 1.82) is 0 Å². The van der Waals surface area contributed by atoms with Gasteiger partial charge in [-0.2, -0.15) is 0 Å². The normalized spacial score (nSPS) is 17.9. The monoisotopic (exact) mass is 324 g/mol. The molecule has 128 valence electrons. The van der Waals surface area contributed by atoms with Gasteiger partial charge in [-0.05, 0) is 49.8 Å². The zero-order valence-electron chi connectivity index (χ0n) is 13.6. The maximum absolute atomic E-state index is 13.4. The smallest absolute Gasteiger partial charge is 0.317 e. The Morgan fingerprint density at radius 2 is 2.30 bits per heavy atom. The van der Waals surface area contributed by atoms with Crippen LogP contribution in [-0.2, 0) is 6.42 Å². The molecule has 23 heavy (non-hydrogen) atoms. The number of nitrogens with one attached hydrogen (secondary N) is 1. The number of aliphatic hydroxyl groups is 1. The molecule has 1 atom stereocenters. The summed E-state index contributed by atoms with van der Waals surface area (Å²) >= 11 is 0. The Labute approximate surface area is 136 Å². The SMILES string of the molecule is COc1cc(CCNC(=O)N2CCCC[C@@H]2CCO)ccc1F. The molecule has 1 fully saturated rings. The summed E-state index contributed by atoms with van der Waals surface area (Å²) in [4.78, 5) is 14.1. The van der Waals surface area contributed by atoms with Crippen LogP contribution in [0.1, 0.15) is 31.2 Å². The lowest BCUT2D eigenvalue weighted by molar-refractivity contribution is 0.132. The summed E-state index contributed by atoms with van der Waals surface area (Å²) in [6, 6.07) is 4.76. The lowest BCUT2D eigenvalue weighted by Crippen LogP contribution is -2.49. The minimum absolute atomic E-state index is 0.0859. The molecular weight excluding hydrogens is 299 g/mol. The Morgan fingerprint density at radius 1 is 1.48 bits per heavy atom. The van der Waals surface area contributed by atoms with Gasteiger partial charge in [-0.25, -0.2) is 9.18 Å². The first-order valence-electron chi connectivity index (χ1n) is 8.13. The number of carbonyl (C=O) groups excluding carboxylic acids is 1. The Morgan fingerprint density at radius 3 is 3.04 bits per heavy atom. The molecule has 2 N–H and O–H groups in total. The summed E-state index contributed by atoms with van der Waals surface area (Å²) in [5, 5.41) is 12.0. The van der Waals surface area contributed by atoms with Crippen LogP contribution in [0.25, 0.3) is 0 Å². The Hall–Kier alpha value is -1.82. The second-order valence-corrected chi connectivity index (χ2v) is 5.81. The maximum Gasteiger partial charge on any atom is 0.317 e. The van der Waals surface area contributed by atoms with Crippen LogP contribution in [0.2, 0.25) is 0 Å². The van der Waals surface area contributed by atoms with E-state index in [1.807, 2.05) is 4.90 Å². The molecule has 0 unspecified atom stereocenters. The zero-order valence-corrected chi connectivity index (χ0v) is 13.6. The predicted molar refractivity (Wildman–Crippen MR) is 86.1 cm³/mol. The van der Waals surface area contributed by atoms with Gasteiger partial charge in [-0.1, -0.05) is 6.07 Å². The summed E-state index contributed by atoms with van der Waals surface area (Å²) < 4.78 is 18.3. The Balaban J connectivity index is 1.84. The molecule has 1 heterocycles. The number of carbonyl (C=O) groups is 1. The average Bonchev–Trinajstić information content (AvgIpc) is 2.57. The number of likely N-dealkylation sites (tertiary alicyclic amines) is 1. The Kier molecular flexibility index (Phi) is 6.65. The number of piperidine rings is 1. The fraction of sp³-hybridized carbons (Fsp3) is 0.588. The zero-order chi connectivity index (χ0) is 16.7. The van der Waals surface area contributed by atoms with Gasteiger partial charge in [-0.3, -0.25) is 0 Å². The van der Waals surface area contributed by atoms with Crippen molar-refractivity contribution in [3.63, 3.8) is 0 Å². The van der Waals surface area contributed by atoms with Gasteiger partial charge in [0.2, 0.25) is 0 Å². The molecule has 0 radical (unpaired) electrons. The molecule has 0 spiro atoms. The molecule has 1 aromatic rings. The number of amides is 2. The van der Waals surface area contributed by atoms with Gasteiger partial charge in [-0.15, -0.1) is 0 Å². The minimum Gasteiger partial charge on any atom is -0.494 e. The fourth-order valence-corrected chi connectivity index (χ4v) is 2.99. The van der Waals surface area contributed by atoms with Crippen LogP contribution >= 0.6 is 0 Å². The third kappa shape index (κ3) is 4.82. The summed E-state index contributed by atoms with van der Waals surface area (Å²) in [7, 11) is 1.43. The van der Waals surface area contributed by atoms with Gasteiger partial charge in [0, 0.05) is 25.7 Å². The van der Waals surface area contributed by atoms with Gasteiger partial charge in [0.05, 0.1) is 7.11 Å². The van der Waals surface area contributed by atoms with Gasteiger partial charge in [0.25, 0.3) is 0 Å². The topological polar surface area (TPSA) is 61.8 Å². The second kappa shape index (κ2) is 8.72. The summed E-state index contributed by atoms with van der Waals surface area (Å²) in [5.41, 5.74) is 0.911. The first-order valence-corrected chi connectivity index (χ1v) is 8.13. The number of ether oxygens (including phenoxy) is 1. The molecule has 0 aliphatic carbocycles. The quantitative estimate of drug-likeness (QED) is 0.844. The van der Waals surface area contributed by atoms with Crippen molar-refractivity contribution in [2.24, 2.45) is 0 Å². The number of hydrogen-bond donors (Lipinski definition) is 2. The lowest BCUT2D eigenvalue weighted by atomic mass is 10.0. The minimum atomic E-state index is -0.388. The van der Waals surface area contributed by atoms with E-state index in [4.69, 9.17) is 9.84 Å². The number of rotatable bonds is 6. The molecule has 5 nitrogen and oxygen atoms in total. The highest BCUT2D eigenvalue weighted by Crippen LogP contribution is 2.20. The van der Waals surface area contributed by atoms with Crippen molar-refractivity contribution in [2.45, 2.75) is 38.1 Å². The van der Waals surface area contributed by atoms with E-state index in [2.05, 4.69) is 5.32 Å². The van der Waals surface area contributed by atoms with Gasteiger partial charge in [0.1, 0.15) is 0 Å². The molecule has 2 amide bonds. The number of methoxy groups -OCH3 is 1. The predicted octanol–water partition coefficient (Wildman–Crippen LogP) is 2.32. The molecule has 0 aromatic heterocycles. The third-order valence-corrected chi connectivity index (χ3v) is 4.26. The van der Waals surface area contributed by atoms with Crippen molar-refractivity contribution in [3.05, 3.63) is 29.6 Å². The molecule has 1 aromatic carbocycles. The van der Waals surface area contributed by atoms with E-state index in [0.717, 1.165) is 31.4 Å². The molecule has 0 bridgehead atoms. The van der Waals surface area contributed by atoms with Crippen LogP contribution in [0.5, 0.6) is 5.75 Å². The number of urea groups is 1. The number of aliphatic hydroxyl groups excluding tert-OH is 1. The van der Waals surface area contributed by atoms with E-state index in [0.29, 0.717) is 19.4 Å². The van der Waals surface area contributed by atoms with E-state index in [-0.39, 0.29) is 30.2 Å². The molecule has 1 aliphatic rings. The van der Waals surface area contributed by atoms with Crippen molar-refractivity contribution >= 4 is 6.03 Å². The standard InChI is InChI=1S/C17H25FN2O3/c1-23-16-12-13(5-6-15(16)18)7-9-19-17(22)20-10-3-2-4-14(20)8-11-21/h5-6,12,14,21H,2-4,7-11H2,1H3,(H,19,22)/t14-/m1/s1. The van der Waals surface area contributed by atoms with Gasteiger partial charge >= 0.3 is 6.03 Å². The lowest BCUT2D eigenvalue weighted by Gasteiger charge is -2.35. The van der Waals surface area contributed by atoms with Crippen molar-refractivity contribution in [1.82, 2.24) is 10.2 Å². The van der Waals surface area contributed by atoms with E-state index < -0.39 is 0 Å². The van der Waals surface area contributed by atoms with E-state index in [1.54, 1.807) is 12.1 Å². The highest BCUT2D eigenvalue weighted by molar-refractivity contribution is 5.74. The van der Waals surface area contributed by atoms with Crippen LogP contribution in [0.15, 0.2) is 18.2 Å². The fourth-order valence-electron chi connectivity index (χ4n) is 2.99. The average molecular weight is 324 g/mol. The Bertz CT molecular complexity index is 523. The highest BCUT2D eigenvalue weighted by atomic mass is 19.1. The number of benzene rings is 1. The van der Waals surface area contributed by atoms with E-state index >= 15 is 0 Å². The van der Waals surface area contributed by atoms with Crippen molar-refractivity contribution in [2.75, 3.05) is 26.8 Å². The number of hydrogen-bond acceptors (Lipinski definition) is 3. The molecular formula is C17H25FN2O3. The van der Waals surface area contributed by atoms with E-state index in [1.165, 1.54) is 13.2 Å². The summed E-state index contributed by atoms with van der Waals surface area (Å²) in [5.74, 6) is -0.173. The first-order chi connectivity index (χ1) is 11.2. The summed E-state index contributed by atoms with van der Waals surface area (Å²) in [6.07, 6.45) is 4.29.